The molecule has 1 aliphatic rings. The van der Waals surface area contributed by atoms with Crippen molar-refractivity contribution in [3.8, 4) is 0 Å². The van der Waals surface area contributed by atoms with Gasteiger partial charge in [0.2, 0.25) is 0 Å². The molecule has 0 bridgehead atoms. The standard InChI is InChI=1S/C12H22O/c1-4-5-11-7-6-10(2)12(8-11)9-13-3/h11-12H,2,4-9H2,1,3H3. The first kappa shape index (κ1) is 10.8. The maximum atomic E-state index is 5.22. The molecule has 0 aromatic carbocycles. The van der Waals surface area contributed by atoms with E-state index in [1.54, 1.807) is 7.11 Å². The van der Waals surface area contributed by atoms with Gasteiger partial charge in [0.1, 0.15) is 0 Å². The minimum atomic E-state index is 0.635. The Kier molecular flexibility index (Phi) is 4.51. The van der Waals surface area contributed by atoms with E-state index in [0.717, 1.165) is 12.5 Å². The van der Waals surface area contributed by atoms with Crippen LogP contribution in [-0.2, 0) is 4.74 Å². The van der Waals surface area contributed by atoms with E-state index in [1.807, 2.05) is 0 Å². The molecular weight excluding hydrogens is 160 g/mol. The first-order valence-corrected chi connectivity index (χ1v) is 5.44. The summed E-state index contributed by atoms with van der Waals surface area (Å²) in [5, 5.41) is 0. The first-order chi connectivity index (χ1) is 6.27. The van der Waals surface area contributed by atoms with E-state index >= 15 is 0 Å². The smallest absolute Gasteiger partial charge is 0.0527 e. The Morgan fingerprint density at radius 1 is 1.54 bits per heavy atom. The van der Waals surface area contributed by atoms with Crippen molar-refractivity contribution in [3.05, 3.63) is 12.2 Å². The predicted octanol–water partition coefficient (Wildman–Crippen LogP) is 3.41. The van der Waals surface area contributed by atoms with Gasteiger partial charge in [0, 0.05) is 13.0 Å². The van der Waals surface area contributed by atoms with Gasteiger partial charge in [-0.25, -0.2) is 0 Å². The summed E-state index contributed by atoms with van der Waals surface area (Å²) in [4.78, 5) is 0. The van der Waals surface area contributed by atoms with Gasteiger partial charge in [-0.15, -0.1) is 0 Å². The van der Waals surface area contributed by atoms with E-state index in [4.69, 9.17) is 4.74 Å². The van der Waals surface area contributed by atoms with Crippen LogP contribution in [0.3, 0.4) is 0 Å². The minimum absolute atomic E-state index is 0.635. The molecule has 0 aromatic heterocycles. The van der Waals surface area contributed by atoms with Crippen molar-refractivity contribution in [2.45, 2.75) is 39.0 Å². The molecule has 2 atom stereocenters. The maximum Gasteiger partial charge on any atom is 0.0527 e. The lowest BCUT2D eigenvalue weighted by Crippen LogP contribution is -2.21. The Balaban J connectivity index is 2.38. The number of hydrogen-bond acceptors (Lipinski definition) is 1. The summed E-state index contributed by atoms with van der Waals surface area (Å²) in [6, 6.07) is 0. The van der Waals surface area contributed by atoms with Crippen LogP contribution >= 0.6 is 0 Å². The molecular formula is C12H22O. The second-order valence-electron chi connectivity index (χ2n) is 4.24. The van der Waals surface area contributed by atoms with Crippen molar-refractivity contribution in [1.29, 1.82) is 0 Å². The lowest BCUT2D eigenvalue weighted by Gasteiger charge is -2.30. The monoisotopic (exact) mass is 182 g/mol. The summed E-state index contributed by atoms with van der Waals surface area (Å²) >= 11 is 0. The zero-order valence-electron chi connectivity index (χ0n) is 9.01. The summed E-state index contributed by atoms with van der Waals surface area (Å²) in [6.45, 7) is 7.28. The quantitative estimate of drug-likeness (QED) is 0.605. The molecule has 1 fully saturated rings. The Morgan fingerprint density at radius 2 is 2.31 bits per heavy atom. The van der Waals surface area contributed by atoms with E-state index in [1.165, 1.54) is 37.7 Å². The molecule has 0 aliphatic heterocycles. The Morgan fingerprint density at radius 3 is 2.92 bits per heavy atom. The van der Waals surface area contributed by atoms with Crippen molar-refractivity contribution in [3.63, 3.8) is 0 Å². The molecule has 0 heterocycles. The average molecular weight is 182 g/mol. The van der Waals surface area contributed by atoms with Crippen LogP contribution in [0.15, 0.2) is 12.2 Å². The van der Waals surface area contributed by atoms with Gasteiger partial charge < -0.3 is 4.74 Å². The molecule has 0 saturated heterocycles. The Hall–Kier alpha value is -0.300. The van der Waals surface area contributed by atoms with Gasteiger partial charge in [-0.3, -0.25) is 0 Å². The van der Waals surface area contributed by atoms with Crippen molar-refractivity contribution >= 4 is 0 Å². The lowest BCUT2D eigenvalue weighted by atomic mass is 9.77. The summed E-state index contributed by atoms with van der Waals surface area (Å²) < 4.78 is 5.22. The number of methoxy groups -OCH3 is 1. The van der Waals surface area contributed by atoms with Crippen LogP contribution in [-0.4, -0.2) is 13.7 Å². The topological polar surface area (TPSA) is 9.23 Å². The fourth-order valence-electron chi connectivity index (χ4n) is 2.34. The zero-order valence-corrected chi connectivity index (χ0v) is 9.01. The van der Waals surface area contributed by atoms with Crippen molar-refractivity contribution in [2.75, 3.05) is 13.7 Å². The van der Waals surface area contributed by atoms with Crippen LogP contribution in [0.1, 0.15) is 39.0 Å². The van der Waals surface area contributed by atoms with Crippen molar-refractivity contribution in [1.82, 2.24) is 0 Å². The largest absolute Gasteiger partial charge is 0.384 e. The van der Waals surface area contributed by atoms with Gasteiger partial charge in [-0.1, -0.05) is 31.9 Å². The fraction of sp³-hybridized carbons (Fsp3) is 0.833. The zero-order chi connectivity index (χ0) is 9.68. The maximum absolute atomic E-state index is 5.22. The van der Waals surface area contributed by atoms with Gasteiger partial charge >= 0.3 is 0 Å². The lowest BCUT2D eigenvalue weighted by molar-refractivity contribution is 0.139. The molecule has 0 spiro atoms. The summed E-state index contributed by atoms with van der Waals surface area (Å²) in [5.41, 5.74) is 1.41. The van der Waals surface area contributed by atoms with Crippen LogP contribution in [0.5, 0.6) is 0 Å². The van der Waals surface area contributed by atoms with Crippen molar-refractivity contribution in [2.24, 2.45) is 11.8 Å². The second-order valence-corrected chi connectivity index (χ2v) is 4.24. The molecule has 1 aliphatic carbocycles. The van der Waals surface area contributed by atoms with Crippen molar-refractivity contribution < 1.29 is 4.74 Å². The third-order valence-corrected chi connectivity index (χ3v) is 3.13. The first-order valence-electron chi connectivity index (χ1n) is 5.44. The fourth-order valence-corrected chi connectivity index (χ4v) is 2.34. The molecule has 0 amide bonds. The second kappa shape index (κ2) is 5.43. The average Bonchev–Trinajstić information content (AvgIpc) is 2.12. The molecule has 1 rings (SSSR count). The summed E-state index contributed by atoms with van der Waals surface area (Å²) in [6.07, 6.45) is 6.58. The molecule has 1 saturated carbocycles. The highest BCUT2D eigenvalue weighted by Gasteiger charge is 2.23. The van der Waals surface area contributed by atoms with Crippen LogP contribution in [0.4, 0.5) is 0 Å². The van der Waals surface area contributed by atoms with E-state index in [0.29, 0.717) is 5.92 Å². The molecule has 1 nitrogen and oxygen atoms in total. The van der Waals surface area contributed by atoms with Gasteiger partial charge in [0.25, 0.3) is 0 Å². The van der Waals surface area contributed by atoms with Gasteiger partial charge in [0.05, 0.1) is 6.61 Å². The number of rotatable bonds is 4. The molecule has 76 valence electrons. The molecule has 0 N–H and O–H groups in total. The van der Waals surface area contributed by atoms with E-state index in [2.05, 4.69) is 13.5 Å². The van der Waals surface area contributed by atoms with E-state index < -0.39 is 0 Å². The van der Waals surface area contributed by atoms with Crippen LogP contribution in [0.25, 0.3) is 0 Å². The van der Waals surface area contributed by atoms with Gasteiger partial charge in [0.15, 0.2) is 0 Å². The number of hydrogen-bond donors (Lipinski definition) is 0. The molecule has 1 heteroatoms. The van der Waals surface area contributed by atoms with E-state index in [9.17, 15) is 0 Å². The third-order valence-electron chi connectivity index (χ3n) is 3.13. The molecule has 13 heavy (non-hydrogen) atoms. The normalized spacial score (nSPS) is 29.2. The van der Waals surface area contributed by atoms with Gasteiger partial charge in [-0.2, -0.15) is 0 Å². The highest BCUT2D eigenvalue weighted by atomic mass is 16.5. The van der Waals surface area contributed by atoms with Crippen LogP contribution in [0, 0.1) is 11.8 Å². The molecule has 2 unspecified atom stereocenters. The summed E-state index contributed by atoms with van der Waals surface area (Å²) in [5.74, 6) is 1.56. The molecule has 0 aromatic rings. The predicted molar refractivity (Wildman–Crippen MR) is 56.8 cm³/mol. The van der Waals surface area contributed by atoms with Crippen LogP contribution < -0.4 is 0 Å². The number of ether oxygens (including phenoxy) is 1. The minimum Gasteiger partial charge on any atom is -0.384 e. The van der Waals surface area contributed by atoms with E-state index in [-0.39, 0.29) is 0 Å². The summed E-state index contributed by atoms with van der Waals surface area (Å²) in [7, 11) is 1.79. The highest BCUT2D eigenvalue weighted by molar-refractivity contribution is 5.04. The highest BCUT2D eigenvalue weighted by Crippen LogP contribution is 2.34. The SMILES string of the molecule is C=C1CCC(CCC)CC1COC. The van der Waals surface area contributed by atoms with Crippen LogP contribution in [0.2, 0.25) is 0 Å². The Bertz CT molecular complexity index is 163. The Labute approximate surface area is 82.2 Å². The third kappa shape index (κ3) is 3.15. The van der Waals surface area contributed by atoms with Gasteiger partial charge in [-0.05, 0) is 25.2 Å². The molecule has 0 radical (unpaired) electrons.